The Morgan fingerprint density at radius 2 is 2.09 bits per heavy atom. The molecule has 1 aromatic rings. The van der Waals surface area contributed by atoms with Crippen molar-refractivity contribution in [3.63, 3.8) is 0 Å². The SMILES string of the molecule is CC(C)C1(C(=O)O)CCN(C(=O)c2ccc(N)c([N+](=O)[O-])c2)C1. The topological polar surface area (TPSA) is 127 Å². The van der Waals surface area contributed by atoms with Crippen molar-refractivity contribution in [2.45, 2.75) is 20.3 Å². The molecule has 1 saturated heterocycles. The van der Waals surface area contributed by atoms with Crippen LogP contribution in [0.5, 0.6) is 0 Å². The first-order valence-electron chi connectivity index (χ1n) is 7.25. The molecule has 1 aliphatic heterocycles. The van der Waals surface area contributed by atoms with Crippen molar-refractivity contribution in [1.29, 1.82) is 0 Å². The number of carboxylic acids is 1. The lowest BCUT2D eigenvalue weighted by Gasteiger charge is -2.28. The molecule has 0 spiro atoms. The molecule has 3 N–H and O–H groups in total. The van der Waals surface area contributed by atoms with Gasteiger partial charge in [0.2, 0.25) is 0 Å². The molecule has 1 unspecified atom stereocenters. The number of carbonyl (C=O) groups is 2. The zero-order chi connectivity index (χ0) is 17.4. The molecule has 0 aromatic heterocycles. The molecule has 0 saturated carbocycles. The Hall–Kier alpha value is -2.64. The van der Waals surface area contributed by atoms with E-state index in [1.54, 1.807) is 0 Å². The normalized spacial score (nSPS) is 20.7. The van der Waals surface area contributed by atoms with Crippen LogP contribution in [0.3, 0.4) is 0 Å². The van der Waals surface area contributed by atoms with Crippen LogP contribution in [-0.4, -0.2) is 39.9 Å². The van der Waals surface area contributed by atoms with Gasteiger partial charge in [-0.1, -0.05) is 13.8 Å². The number of anilines is 1. The second-order valence-corrected chi connectivity index (χ2v) is 6.12. The van der Waals surface area contributed by atoms with Gasteiger partial charge in [-0.2, -0.15) is 0 Å². The summed E-state index contributed by atoms with van der Waals surface area (Å²) in [5.74, 6) is -1.47. The zero-order valence-electron chi connectivity index (χ0n) is 13.0. The van der Waals surface area contributed by atoms with Crippen molar-refractivity contribution < 1.29 is 19.6 Å². The van der Waals surface area contributed by atoms with Crippen LogP contribution >= 0.6 is 0 Å². The number of nitrogen functional groups attached to an aromatic ring is 1. The van der Waals surface area contributed by atoms with Gasteiger partial charge in [0.1, 0.15) is 5.69 Å². The van der Waals surface area contributed by atoms with E-state index in [0.29, 0.717) is 13.0 Å². The van der Waals surface area contributed by atoms with Crippen molar-refractivity contribution in [3.8, 4) is 0 Å². The average molecular weight is 321 g/mol. The van der Waals surface area contributed by atoms with Gasteiger partial charge in [0.05, 0.1) is 10.3 Å². The number of likely N-dealkylation sites (tertiary alicyclic amines) is 1. The summed E-state index contributed by atoms with van der Waals surface area (Å²) in [6.07, 6.45) is 0.364. The van der Waals surface area contributed by atoms with Gasteiger partial charge < -0.3 is 15.7 Å². The highest BCUT2D eigenvalue weighted by Gasteiger charge is 2.48. The van der Waals surface area contributed by atoms with Gasteiger partial charge in [-0.25, -0.2) is 0 Å². The monoisotopic (exact) mass is 321 g/mol. The Kier molecular flexibility index (Phi) is 4.26. The Balaban J connectivity index is 2.28. The minimum atomic E-state index is -0.977. The van der Waals surface area contributed by atoms with E-state index in [-0.39, 0.29) is 29.4 Å². The summed E-state index contributed by atoms with van der Waals surface area (Å²) < 4.78 is 0. The van der Waals surface area contributed by atoms with Gasteiger partial charge in [0.25, 0.3) is 11.6 Å². The first-order valence-corrected chi connectivity index (χ1v) is 7.25. The third kappa shape index (κ3) is 2.84. The summed E-state index contributed by atoms with van der Waals surface area (Å²) in [6, 6.07) is 3.86. The highest BCUT2D eigenvalue weighted by atomic mass is 16.6. The summed E-state index contributed by atoms with van der Waals surface area (Å²) in [6.45, 7) is 4.03. The molecule has 0 aliphatic carbocycles. The fourth-order valence-corrected chi connectivity index (χ4v) is 2.92. The second kappa shape index (κ2) is 5.86. The van der Waals surface area contributed by atoms with Crippen LogP contribution in [-0.2, 0) is 4.79 Å². The van der Waals surface area contributed by atoms with E-state index in [9.17, 15) is 24.8 Å². The Labute approximate surface area is 133 Å². The Bertz CT molecular complexity index is 673. The molecule has 1 aliphatic rings. The summed E-state index contributed by atoms with van der Waals surface area (Å²) >= 11 is 0. The molecule has 8 heteroatoms. The summed E-state index contributed by atoms with van der Waals surface area (Å²) in [5.41, 5.74) is 4.33. The lowest BCUT2D eigenvalue weighted by Crippen LogP contribution is -2.40. The lowest BCUT2D eigenvalue weighted by molar-refractivity contribution is -0.383. The fraction of sp³-hybridized carbons (Fsp3) is 0.467. The number of aliphatic carboxylic acids is 1. The smallest absolute Gasteiger partial charge is 0.311 e. The average Bonchev–Trinajstić information content (AvgIpc) is 2.93. The van der Waals surface area contributed by atoms with Crippen LogP contribution in [0, 0.1) is 21.4 Å². The minimum absolute atomic E-state index is 0.0185. The molecular formula is C15H19N3O5. The maximum Gasteiger partial charge on any atom is 0.311 e. The predicted octanol–water partition coefficient (Wildman–Crippen LogP) is 1.75. The number of hydrogen-bond acceptors (Lipinski definition) is 5. The van der Waals surface area contributed by atoms with E-state index < -0.39 is 22.2 Å². The number of amides is 1. The van der Waals surface area contributed by atoms with Gasteiger partial charge in [-0.3, -0.25) is 19.7 Å². The van der Waals surface area contributed by atoms with E-state index in [4.69, 9.17) is 5.73 Å². The quantitative estimate of drug-likeness (QED) is 0.494. The molecule has 1 fully saturated rings. The first kappa shape index (κ1) is 16.7. The molecule has 2 rings (SSSR count). The highest BCUT2D eigenvalue weighted by Crippen LogP contribution is 2.38. The number of nitro benzene ring substituents is 1. The van der Waals surface area contributed by atoms with E-state index >= 15 is 0 Å². The van der Waals surface area contributed by atoms with Crippen LogP contribution in [0.15, 0.2) is 18.2 Å². The van der Waals surface area contributed by atoms with Crippen molar-refractivity contribution >= 4 is 23.3 Å². The van der Waals surface area contributed by atoms with Crippen LogP contribution < -0.4 is 5.73 Å². The number of hydrogen-bond donors (Lipinski definition) is 2. The third-order valence-corrected chi connectivity index (χ3v) is 4.59. The minimum Gasteiger partial charge on any atom is -0.481 e. The molecule has 1 aromatic carbocycles. The predicted molar refractivity (Wildman–Crippen MR) is 82.9 cm³/mol. The molecule has 1 amide bonds. The van der Waals surface area contributed by atoms with Gasteiger partial charge in [0, 0.05) is 24.7 Å². The molecule has 0 bridgehead atoms. The third-order valence-electron chi connectivity index (χ3n) is 4.59. The standard InChI is InChI=1S/C15H19N3O5/c1-9(2)15(14(20)21)5-6-17(8-15)13(19)10-3-4-11(16)12(7-10)18(22)23/h3-4,7,9H,5-6,8,16H2,1-2H3,(H,20,21). The molecule has 124 valence electrons. The number of nitrogens with zero attached hydrogens (tertiary/aromatic N) is 2. The van der Waals surface area contributed by atoms with Crippen LogP contribution in [0.2, 0.25) is 0 Å². The number of carboxylic acid groups (broad SMARTS) is 1. The molecule has 23 heavy (non-hydrogen) atoms. The van der Waals surface area contributed by atoms with E-state index in [0.717, 1.165) is 6.07 Å². The molecule has 0 radical (unpaired) electrons. The van der Waals surface area contributed by atoms with Crippen molar-refractivity contribution in [1.82, 2.24) is 4.90 Å². The molecular weight excluding hydrogens is 302 g/mol. The Morgan fingerprint density at radius 3 is 2.57 bits per heavy atom. The Morgan fingerprint density at radius 1 is 1.43 bits per heavy atom. The largest absolute Gasteiger partial charge is 0.481 e. The van der Waals surface area contributed by atoms with Crippen LogP contribution in [0.4, 0.5) is 11.4 Å². The van der Waals surface area contributed by atoms with E-state index in [1.165, 1.54) is 17.0 Å². The van der Waals surface area contributed by atoms with Gasteiger partial charge >= 0.3 is 5.97 Å². The number of rotatable bonds is 4. The van der Waals surface area contributed by atoms with E-state index in [2.05, 4.69) is 0 Å². The number of nitrogens with two attached hydrogens (primary N) is 1. The zero-order valence-corrected chi connectivity index (χ0v) is 13.0. The maximum absolute atomic E-state index is 12.5. The van der Waals surface area contributed by atoms with Crippen LogP contribution in [0.1, 0.15) is 30.6 Å². The van der Waals surface area contributed by atoms with Gasteiger partial charge in [-0.05, 0) is 24.5 Å². The first-order chi connectivity index (χ1) is 10.7. The van der Waals surface area contributed by atoms with Crippen molar-refractivity contribution in [2.75, 3.05) is 18.8 Å². The lowest BCUT2D eigenvalue weighted by atomic mass is 9.76. The van der Waals surface area contributed by atoms with Crippen molar-refractivity contribution in [3.05, 3.63) is 33.9 Å². The van der Waals surface area contributed by atoms with Gasteiger partial charge in [0.15, 0.2) is 0 Å². The van der Waals surface area contributed by atoms with Gasteiger partial charge in [-0.15, -0.1) is 0 Å². The summed E-state index contributed by atoms with van der Waals surface area (Å²) in [5, 5.41) is 20.4. The number of nitro groups is 1. The molecule has 8 nitrogen and oxygen atoms in total. The summed E-state index contributed by atoms with van der Waals surface area (Å²) in [7, 11) is 0. The molecule has 1 heterocycles. The maximum atomic E-state index is 12.5. The number of benzene rings is 1. The van der Waals surface area contributed by atoms with E-state index in [1.807, 2.05) is 13.8 Å². The fourth-order valence-electron chi connectivity index (χ4n) is 2.92. The second-order valence-electron chi connectivity index (χ2n) is 6.12. The summed E-state index contributed by atoms with van der Waals surface area (Å²) in [4.78, 5) is 35.9. The number of carbonyl (C=O) groups excluding carboxylic acids is 1. The molecule has 1 atom stereocenters. The highest BCUT2D eigenvalue weighted by molar-refractivity contribution is 5.96. The van der Waals surface area contributed by atoms with Crippen molar-refractivity contribution in [2.24, 2.45) is 11.3 Å². The van der Waals surface area contributed by atoms with Crippen LogP contribution in [0.25, 0.3) is 0 Å².